The molecule has 0 bridgehead atoms. The Labute approximate surface area is 188 Å². The minimum absolute atomic E-state index is 0.146. The molecule has 3 aliphatic rings. The van der Waals surface area contributed by atoms with E-state index in [1.54, 1.807) is 0 Å². The maximum Gasteiger partial charge on any atom is 0.251 e. The predicted molar refractivity (Wildman–Crippen MR) is 120 cm³/mol. The van der Waals surface area contributed by atoms with Crippen molar-refractivity contribution in [3.63, 3.8) is 0 Å². The summed E-state index contributed by atoms with van der Waals surface area (Å²) < 4.78 is 11.2. The zero-order valence-corrected chi connectivity index (χ0v) is 19.0. The number of likely N-dealkylation sites (N-methyl/N-ethyl adjacent to an activating group) is 1. The number of carbonyl (C=O) groups is 1. The van der Waals surface area contributed by atoms with Gasteiger partial charge in [-0.2, -0.15) is 0 Å². The molecule has 0 N–H and O–H groups in total. The Bertz CT molecular complexity index is 941. The van der Waals surface area contributed by atoms with E-state index >= 15 is 0 Å². The van der Waals surface area contributed by atoms with E-state index in [9.17, 15) is 4.79 Å². The number of aryl methyl sites for hydroxylation is 1. The minimum Gasteiger partial charge on any atom is -0.368 e. The van der Waals surface area contributed by atoms with Gasteiger partial charge < -0.3 is 24.0 Å². The molecule has 0 radical (unpaired) electrons. The highest BCUT2D eigenvalue weighted by Gasteiger charge is 2.33. The normalized spacial score (nSPS) is 23.1. The maximum absolute atomic E-state index is 12.8. The first-order valence-electron chi connectivity index (χ1n) is 11.7. The van der Waals surface area contributed by atoms with Crippen LogP contribution in [0.25, 0.3) is 11.3 Å². The maximum atomic E-state index is 12.8. The van der Waals surface area contributed by atoms with Crippen LogP contribution in [0.5, 0.6) is 0 Å². The van der Waals surface area contributed by atoms with Crippen LogP contribution in [0.2, 0.25) is 0 Å². The van der Waals surface area contributed by atoms with Crippen LogP contribution in [0, 0.1) is 6.92 Å². The van der Waals surface area contributed by atoms with Crippen LogP contribution < -0.4 is 4.90 Å². The highest BCUT2D eigenvalue weighted by atomic mass is 16.5. The first kappa shape index (κ1) is 21.3. The zero-order valence-electron chi connectivity index (χ0n) is 19.0. The first-order valence-corrected chi connectivity index (χ1v) is 11.7. The Morgan fingerprint density at radius 2 is 1.88 bits per heavy atom. The van der Waals surface area contributed by atoms with Crippen molar-refractivity contribution < 1.29 is 14.1 Å². The number of piperidine rings is 1. The van der Waals surface area contributed by atoms with Gasteiger partial charge in [0.1, 0.15) is 6.10 Å². The molecule has 0 spiro atoms. The van der Waals surface area contributed by atoms with Crippen molar-refractivity contribution in [3.8, 4) is 11.3 Å². The zero-order chi connectivity index (χ0) is 22.1. The van der Waals surface area contributed by atoms with Gasteiger partial charge in [0.15, 0.2) is 5.76 Å². The average Bonchev–Trinajstić information content (AvgIpc) is 3.51. The van der Waals surface area contributed by atoms with Gasteiger partial charge in [0.25, 0.3) is 5.91 Å². The number of rotatable bonds is 4. The second-order valence-electron chi connectivity index (χ2n) is 9.19. The molecule has 2 aromatic heterocycles. The van der Waals surface area contributed by atoms with E-state index in [-0.39, 0.29) is 17.9 Å². The average molecular weight is 441 g/mol. The van der Waals surface area contributed by atoms with Crippen molar-refractivity contribution >= 4 is 11.9 Å². The Morgan fingerprint density at radius 1 is 1.09 bits per heavy atom. The highest BCUT2D eigenvalue weighted by molar-refractivity contribution is 5.81. The lowest BCUT2D eigenvalue weighted by Crippen LogP contribution is -2.45. The van der Waals surface area contributed by atoms with Crippen molar-refractivity contribution in [3.05, 3.63) is 23.7 Å². The molecule has 2 aromatic rings. The van der Waals surface area contributed by atoms with Gasteiger partial charge in [0.05, 0.1) is 17.0 Å². The third kappa shape index (κ3) is 4.36. The molecule has 32 heavy (non-hydrogen) atoms. The molecule has 5 heterocycles. The monoisotopic (exact) mass is 440 g/mol. The topological polar surface area (TPSA) is 87.8 Å². The number of amides is 1. The molecule has 0 saturated carbocycles. The summed E-state index contributed by atoms with van der Waals surface area (Å²) in [4.78, 5) is 29.1. The molecule has 1 atom stereocenters. The number of aromatic nitrogens is 3. The number of hydrogen-bond donors (Lipinski definition) is 0. The highest BCUT2D eigenvalue weighted by Crippen LogP contribution is 2.35. The number of piperazine rings is 1. The molecule has 1 unspecified atom stereocenters. The van der Waals surface area contributed by atoms with Crippen molar-refractivity contribution in [2.24, 2.45) is 0 Å². The molecular weight excluding hydrogens is 408 g/mol. The van der Waals surface area contributed by atoms with Crippen molar-refractivity contribution in [2.75, 3.05) is 57.8 Å². The molecule has 172 valence electrons. The molecular formula is C23H32N6O3. The summed E-state index contributed by atoms with van der Waals surface area (Å²) in [7, 11) is 2.14. The largest absolute Gasteiger partial charge is 0.368 e. The molecule has 3 fully saturated rings. The third-order valence-electron chi connectivity index (χ3n) is 6.88. The summed E-state index contributed by atoms with van der Waals surface area (Å²) in [5.41, 5.74) is 2.76. The third-order valence-corrected chi connectivity index (χ3v) is 6.88. The van der Waals surface area contributed by atoms with Gasteiger partial charge in [-0.1, -0.05) is 5.16 Å². The number of carbonyl (C=O) groups excluding carboxylic acids is 1. The number of ether oxygens (including phenoxy) is 1. The van der Waals surface area contributed by atoms with Gasteiger partial charge in [-0.3, -0.25) is 4.79 Å². The number of nitrogens with zero attached hydrogens (tertiary/aromatic N) is 6. The Balaban J connectivity index is 1.37. The minimum atomic E-state index is -0.248. The van der Waals surface area contributed by atoms with Crippen molar-refractivity contribution in [2.45, 2.75) is 44.6 Å². The summed E-state index contributed by atoms with van der Waals surface area (Å²) in [5, 5.41) is 4.07. The van der Waals surface area contributed by atoms with Crippen LogP contribution in [0.4, 0.5) is 5.95 Å². The van der Waals surface area contributed by atoms with Crippen LogP contribution in [-0.4, -0.2) is 89.9 Å². The lowest BCUT2D eigenvalue weighted by atomic mass is 9.90. The van der Waals surface area contributed by atoms with Crippen molar-refractivity contribution in [1.29, 1.82) is 0 Å². The number of hydrogen-bond acceptors (Lipinski definition) is 8. The van der Waals surface area contributed by atoms with E-state index < -0.39 is 0 Å². The van der Waals surface area contributed by atoms with Crippen LogP contribution in [0.1, 0.15) is 43.0 Å². The fourth-order valence-electron chi connectivity index (χ4n) is 4.88. The van der Waals surface area contributed by atoms with Gasteiger partial charge in [-0.15, -0.1) is 0 Å². The van der Waals surface area contributed by atoms with Gasteiger partial charge in [0, 0.05) is 64.1 Å². The Hall–Kier alpha value is -2.52. The Kier molecular flexibility index (Phi) is 6.10. The molecule has 9 heteroatoms. The van der Waals surface area contributed by atoms with Crippen LogP contribution in [-0.2, 0) is 9.53 Å². The fourth-order valence-corrected chi connectivity index (χ4v) is 4.88. The Morgan fingerprint density at radius 3 is 2.53 bits per heavy atom. The summed E-state index contributed by atoms with van der Waals surface area (Å²) in [5.74, 6) is 1.89. The predicted octanol–water partition coefficient (Wildman–Crippen LogP) is 2.08. The quantitative estimate of drug-likeness (QED) is 0.714. The second kappa shape index (κ2) is 9.15. The van der Waals surface area contributed by atoms with Crippen LogP contribution >= 0.6 is 0 Å². The van der Waals surface area contributed by atoms with E-state index in [1.165, 1.54) is 0 Å². The second-order valence-corrected chi connectivity index (χ2v) is 9.19. The van der Waals surface area contributed by atoms with Gasteiger partial charge >= 0.3 is 0 Å². The van der Waals surface area contributed by atoms with Gasteiger partial charge in [-0.25, -0.2) is 9.97 Å². The number of likely N-dealkylation sites (tertiary alicyclic amines) is 1. The molecule has 3 saturated heterocycles. The lowest BCUT2D eigenvalue weighted by Gasteiger charge is -2.35. The molecule has 3 aliphatic heterocycles. The van der Waals surface area contributed by atoms with E-state index in [0.717, 1.165) is 87.9 Å². The smallest absolute Gasteiger partial charge is 0.251 e. The van der Waals surface area contributed by atoms with E-state index in [4.69, 9.17) is 19.2 Å². The number of anilines is 1. The molecule has 0 aromatic carbocycles. The van der Waals surface area contributed by atoms with Gasteiger partial charge in [0.2, 0.25) is 5.95 Å². The molecule has 1 amide bonds. The van der Waals surface area contributed by atoms with E-state index in [1.807, 2.05) is 24.1 Å². The lowest BCUT2D eigenvalue weighted by molar-refractivity contribution is -0.142. The first-order chi connectivity index (χ1) is 15.6. The fraction of sp³-hybridized carbons (Fsp3) is 0.652. The van der Waals surface area contributed by atoms with E-state index in [0.29, 0.717) is 12.4 Å². The SMILES string of the molecule is Cc1cc(-c2cnc(N3CCN(C)CC3)nc2C2CCN(C(=O)C3CCCO3)CC2)on1. The van der Waals surface area contributed by atoms with Crippen molar-refractivity contribution in [1.82, 2.24) is 24.9 Å². The molecule has 5 rings (SSSR count). The molecule has 9 nitrogen and oxygen atoms in total. The van der Waals surface area contributed by atoms with Gasteiger partial charge in [-0.05, 0) is 39.7 Å². The van der Waals surface area contributed by atoms with Crippen LogP contribution in [0.15, 0.2) is 16.8 Å². The summed E-state index contributed by atoms with van der Waals surface area (Å²) in [6, 6.07) is 1.94. The summed E-state index contributed by atoms with van der Waals surface area (Å²) in [6.07, 6.45) is 5.20. The standard InChI is InChI=1S/C23H32N6O3/c1-16-14-20(32-26-16)18-15-24-23(29-11-9-27(2)10-12-29)25-21(18)17-5-7-28(8-6-17)22(30)19-4-3-13-31-19/h14-15,17,19H,3-13H2,1-2H3. The summed E-state index contributed by atoms with van der Waals surface area (Å²) in [6.45, 7) is 7.93. The summed E-state index contributed by atoms with van der Waals surface area (Å²) >= 11 is 0. The molecule has 0 aliphatic carbocycles. The van der Waals surface area contributed by atoms with Crippen LogP contribution in [0.3, 0.4) is 0 Å². The van der Waals surface area contributed by atoms with E-state index in [2.05, 4.69) is 22.0 Å².